The predicted octanol–water partition coefficient (Wildman–Crippen LogP) is 3.85. The first kappa shape index (κ1) is 20.7. The average Bonchev–Trinajstić information content (AvgIpc) is 3.44. The number of aromatic nitrogens is 5. The lowest BCUT2D eigenvalue weighted by Crippen LogP contribution is -1.95. The number of benzene rings is 2. The first-order chi connectivity index (χ1) is 15.1. The Balaban J connectivity index is 1.46. The summed E-state index contributed by atoms with van der Waals surface area (Å²) in [7, 11) is 6.74. The largest absolute Gasteiger partial charge is 0.497 e. The predicted molar refractivity (Wildman–Crippen MR) is 115 cm³/mol. The number of ether oxygens (including phenoxy) is 3. The van der Waals surface area contributed by atoms with Gasteiger partial charge in [-0.05, 0) is 42.5 Å². The second kappa shape index (κ2) is 9.09. The molecule has 0 fully saturated rings. The fraction of sp³-hybridized carbons (Fsp3) is 0.238. The van der Waals surface area contributed by atoms with Gasteiger partial charge < -0.3 is 23.3 Å². The Morgan fingerprint density at radius 2 is 1.65 bits per heavy atom. The molecular formula is C21H21N5O4S. The van der Waals surface area contributed by atoms with E-state index >= 15 is 0 Å². The molecular weight excluding hydrogens is 418 g/mol. The Bertz CT molecular complexity index is 1170. The van der Waals surface area contributed by atoms with Crippen molar-refractivity contribution < 1.29 is 18.7 Å². The molecule has 0 radical (unpaired) electrons. The minimum absolute atomic E-state index is 0.467. The molecule has 2 aromatic carbocycles. The van der Waals surface area contributed by atoms with Crippen LogP contribution in [0.4, 0.5) is 0 Å². The van der Waals surface area contributed by atoms with Gasteiger partial charge in [-0.25, -0.2) is 0 Å². The summed E-state index contributed by atoms with van der Waals surface area (Å²) in [6.07, 6.45) is 0. The number of methoxy groups -OCH3 is 3. The molecule has 0 saturated carbocycles. The van der Waals surface area contributed by atoms with Gasteiger partial charge in [0.05, 0.1) is 27.1 Å². The average molecular weight is 439 g/mol. The van der Waals surface area contributed by atoms with Crippen molar-refractivity contribution in [2.75, 3.05) is 21.3 Å². The van der Waals surface area contributed by atoms with Gasteiger partial charge in [-0.1, -0.05) is 16.9 Å². The molecule has 10 heteroatoms. The molecule has 0 saturated heterocycles. The van der Waals surface area contributed by atoms with Crippen molar-refractivity contribution in [3.05, 3.63) is 48.4 Å². The van der Waals surface area contributed by atoms with Crippen molar-refractivity contribution in [3.63, 3.8) is 0 Å². The molecule has 0 spiro atoms. The van der Waals surface area contributed by atoms with Crippen LogP contribution < -0.4 is 14.2 Å². The SMILES string of the molecule is COc1ccc(-c2nnc(SCc3nc(-c4ccc(OC)c(OC)c4)no3)n2C)cc1. The molecule has 0 N–H and O–H groups in total. The van der Waals surface area contributed by atoms with Crippen molar-refractivity contribution in [3.8, 4) is 40.0 Å². The Morgan fingerprint density at radius 3 is 2.35 bits per heavy atom. The highest BCUT2D eigenvalue weighted by atomic mass is 32.2. The number of hydrogen-bond donors (Lipinski definition) is 0. The Morgan fingerprint density at radius 1 is 0.903 bits per heavy atom. The third-order valence-corrected chi connectivity index (χ3v) is 5.62. The number of rotatable bonds is 8. The number of nitrogens with zero attached hydrogens (tertiary/aromatic N) is 5. The minimum Gasteiger partial charge on any atom is -0.497 e. The van der Waals surface area contributed by atoms with Crippen molar-refractivity contribution >= 4 is 11.8 Å². The summed E-state index contributed by atoms with van der Waals surface area (Å²) >= 11 is 1.47. The lowest BCUT2D eigenvalue weighted by molar-refractivity contribution is 0.355. The zero-order valence-corrected chi connectivity index (χ0v) is 18.3. The van der Waals surface area contributed by atoms with E-state index in [1.807, 2.05) is 48.0 Å². The maximum absolute atomic E-state index is 5.40. The standard InChI is InChI=1S/C21H21N5O4S/c1-26-20(13-5-8-15(27-2)9-6-13)23-24-21(26)31-12-18-22-19(25-30-18)14-7-10-16(28-3)17(11-14)29-4/h5-11H,12H2,1-4H3. The zero-order valence-electron chi connectivity index (χ0n) is 17.5. The van der Waals surface area contributed by atoms with Crippen LogP contribution in [0.15, 0.2) is 52.1 Å². The van der Waals surface area contributed by atoms with Crippen molar-refractivity contribution in [1.29, 1.82) is 0 Å². The van der Waals surface area contributed by atoms with Crippen molar-refractivity contribution in [1.82, 2.24) is 24.9 Å². The maximum Gasteiger partial charge on any atom is 0.237 e. The summed E-state index contributed by atoms with van der Waals surface area (Å²) in [5.41, 5.74) is 1.73. The summed E-state index contributed by atoms with van der Waals surface area (Å²) in [6.45, 7) is 0. The van der Waals surface area contributed by atoms with Crippen LogP contribution in [0.5, 0.6) is 17.2 Å². The van der Waals surface area contributed by atoms with E-state index in [2.05, 4.69) is 20.3 Å². The molecule has 0 atom stereocenters. The monoisotopic (exact) mass is 439 g/mol. The lowest BCUT2D eigenvalue weighted by atomic mass is 10.2. The fourth-order valence-electron chi connectivity index (χ4n) is 2.96. The molecule has 0 aliphatic rings. The highest BCUT2D eigenvalue weighted by molar-refractivity contribution is 7.98. The van der Waals surface area contributed by atoms with E-state index < -0.39 is 0 Å². The van der Waals surface area contributed by atoms with Crippen LogP contribution in [0.2, 0.25) is 0 Å². The highest BCUT2D eigenvalue weighted by Crippen LogP contribution is 2.32. The topological polar surface area (TPSA) is 97.3 Å². The van der Waals surface area contributed by atoms with Crippen LogP contribution in [-0.2, 0) is 12.8 Å². The van der Waals surface area contributed by atoms with E-state index in [1.165, 1.54) is 11.8 Å². The second-order valence-electron chi connectivity index (χ2n) is 6.46. The summed E-state index contributed by atoms with van der Waals surface area (Å²) in [5.74, 6) is 4.24. The Kier molecular flexibility index (Phi) is 6.08. The molecule has 0 unspecified atom stereocenters. The molecule has 160 valence electrons. The van der Waals surface area contributed by atoms with E-state index in [0.717, 1.165) is 27.9 Å². The molecule has 9 nitrogen and oxygen atoms in total. The van der Waals surface area contributed by atoms with Crippen molar-refractivity contribution in [2.45, 2.75) is 10.9 Å². The summed E-state index contributed by atoms with van der Waals surface area (Å²) in [6, 6.07) is 13.2. The van der Waals surface area contributed by atoms with Gasteiger partial charge in [0, 0.05) is 18.2 Å². The van der Waals surface area contributed by atoms with Crippen LogP contribution in [0.3, 0.4) is 0 Å². The minimum atomic E-state index is 0.467. The molecule has 2 heterocycles. The number of thioether (sulfide) groups is 1. The van der Waals surface area contributed by atoms with Crippen LogP contribution in [0.25, 0.3) is 22.8 Å². The Labute approximate surface area is 183 Å². The molecule has 4 rings (SSSR count). The second-order valence-corrected chi connectivity index (χ2v) is 7.41. The van der Waals surface area contributed by atoms with E-state index in [9.17, 15) is 0 Å². The van der Waals surface area contributed by atoms with Crippen LogP contribution in [-0.4, -0.2) is 46.2 Å². The van der Waals surface area contributed by atoms with Crippen LogP contribution in [0, 0.1) is 0 Å². The van der Waals surface area contributed by atoms with Crippen LogP contribution >= 0.6 is 11.8 Å². The maximum atomic E-state index is 5.40. The molecule has 0 amide bonds. The summed E-state index contributed by atoms with van der Waals surface area (Å²) in [5, 5.41) is 13.4. The van der Waals surface area contributed by atoms with Gasteiger partial charge in [-0.15, -0.1) is 10.2 Å². The first-order valence-corrected chi connectivity index (χ1v) is 10.3. The molecule has 4 aromatic rings. The van der Waals surface area contributed by atoms with E-state index in [0.29, 0.717) is 29.0 Å². The quantitative estimate of drug-likeness (QED) is 0.379. The zero-order chi connectivity index (χ0) is 21.8. The van der Waals surface area contributed by atoms with Gasteiger partial charge >= 0.3 is 0 Å². The smallest absolute Gasteiger partial charge is 0.237 e. The molecule has 0 aliphatic heterocycles. The van der Waals surface area contributed by atoms with E-state index in [4.69, 9.17) is 18.7 Å². The summed E-state index contributed by atoms with van der Waals surface area (Å²) in [4.78, 5) is 4.47. The molecule has 2 aromatic heterocycles. The highest BCUT2D eigenvalue weighted by Gasteiger charge is 2.15. The number of hydrogen-bond acceptors (Lipinski definition) is 9. The van der Waals surface area contributed by atoms with Gasteiger partial charge in [-0.3, -0.25) is 0 Å². The van der Waals surface area contributed by atoms with Gasteiger partial charge in [-0.2, -0.15) is 4.98 Å². The molecule has 0 bridgehead atoms. The molecule has 0 aliphatic carbocycles. The summed E-state index contributed by atoms with van der Waals surface area (Å²) < 4.78 is 23.1. The third kappa shape index (κ3) is 4.33. The first-order valence-electron chi connectivity index (χ1n) is 9.34. The third-order valence-electron chi connectivity index (χ3n) is 4.62. The normalized spacial score (nSPS) is 10.8. The van der Waals surface area contributed by atoms with E-state index in [1.54, 1.807) is 27.4 Å². The van der Waals surface area contributed by atoms with Crippen LogP contribution in [0.1, 0.15) is 5.89 Å². The van der Waals surface area contributed by atoms with Gasteiger partial charge in [0.2, 0.25) is 11.7 Å². The van der Waals surface area contributed by atoms with Gasteiger partial charge in [0.15, 0.2) is 22.5 Å². The van der Waals surface area contributed by atoms with Crippen molar-refractivity contribution in [2.24, 2.45) is 7.05 Å². The molecule has 31 heavy (non-hydrogen) atoms. The van der Waals surface area contributed by atoms with E-state index in [-0.39, 0.29) is 0 Å². The Hall–Kier alpha value is -3.53. The van der Waals surface area contributed by atoms with Gasteiger partial charge in [0.25, 0.3) is 0 Å². The van der Waals surface area contributed by atoms with Gasteiger partial charge in [0.1, 0.15) is 5.75 Å². The fourth-order valence-corrected chi connectivity index (χ4v) is 3.71. The lowest BCUT2D eigenvalue weighted by Gasteiger charge is -2.07.